The van der Waals surface area contributed by atoms with Gasteiger partial charge in [-0.2, -0.15) is 0 Å². The van der Waals surface area contributed by atoms with Gasteiger partial charge in [0.05, 0.1) is 21.2 Å². The molecule has 0 aliphatic carbocycles. The predicted molar refractivity (Wildman–Crippen MR) is 86.0 cm³/mol. The summed E-state index contributed by atoms with van der Waals surface area (Å²) in [6.07, 6.45) is -1.34. The van der Waals surface area contributed by atoms with Crippen LogP contribution in [0.2, 0.25) is 0 Å². The Morgan fingerprint density at radius 2 is 0.957 bits per heavy atom. The summed E-state index contributed by atoms with van der Waals surface area (Å²) in [4.78, 5) is 0. The van der Waals surface area contributed by atoms with Crippen molar-refractivity contribution in [1.82, 2.24) is 0 Å². The topological polar surface area (TPSA) is 9.23 Å². The van der Waals surface area contributed by atoms with Crippen LogP contribution in [0, 0.1) is 23.3 Å². The molecule has 0 saturated carbocycles. The maximum Gasteiger partial charge on any atom is 0.140 e. The Bertz CT molecular complexity index is 629. The van der Waals surface area contributed by atoms with Gasteiger partial charge in [-0.3, -0.25) is 0 Å². The van der Waals surface area contributed by atoms with Crippen molar-refractivity contribution in [2.24, 2.45) is 0 Å². The van der Waals surface area contributed by atoms with Crippen molar-refractivity contribution in [3.8, 4) is 0 Å². The second-order valence-electron chi connectivity index (χ2n) is 5.02. The Morgan fingerprint density at radius 3 is 1.22 bits per heavy atom. The van der Waals surface area contributed by atoms with Gasteiger partial charge in [0, 0.05) is 0 Å². The van der Waals surface area contributed by atoms with Gasteiger partial charge in [0.25, 0.3) is 0 Å². The molecule has 2 atom stereocenters. The number of hydrogen-bond donors (Lipinski definition) is 0. The summed E-state index contributed by atoms with van der Waals surface area (Å²) in [6.45, 7) is 3.20. The summed E-state index contributed by atoms with van der Waals surface area (Å²) in [7, 11) is 0. The van der Waals surface area contributed by atoms with Crippen molar-refractivity contribution in [3.05, 3.63) is 67.6 Å². The molecule has 0 N–H and O–H groups in total. The minimum absolute atomic E-state index is 0.251. The summed E-state index contributed by atoms with van der Waals surface area (Å²) in [5, 5.41) is 0. The summed E-state index contributed by atoms with van der Waals surface area (Å²) >= 11 is 5.59. The van der Waals surface area contributed by atoms with Gasteiger partial charge in [-0.1, -0.05) is 0 Å². The molecule has 7 heteroatoms. The molecule has 0 heterocycles. The quantitative estimate of drug-likeness (QED) is 0.372. The molecule has 0 radical (unpaired) electrons. The van der Waals surface area contributed by atoms with Crippen molar-refractivity contribution in [1.29, 1.82) is 0 Å². The van der Waals surface area contributed by atoms with Gasteiger partial charge in [-0.25, -0.2) is 17.6 Å². The molecule has 1 nitrogen and oxygen atoms in total. The Labute approximate surface area is 147 Å². The van der Waals surface area contributed by atoms with Crippen LogP contribution in [0.15, 0.2) is 33.2 Å². The highest BCUT2D eigenvalue weighted by molar-refractivity contribution is 9.10. The van der Waals surface area contributed by atoms with Gasteiger partial charge >= 0.3 is 0 Å². The lowest BCUT2D eigenvalue weighted by molar-refractivity contribution is 0.00521. The second-order valence-corrected chi connectivity index (χ2v) is 6.60. The molecule has 2 unspecified atom stereocenters. The van der Waals surface area contributed by atoms with Gasteiger partial charge in [0.1, 0.15) is 23.3 Å². The largest absolute Gasteiger partial charge is 0.366 e. The van der Waals surface area contributed by atoms with Crippen molar-refractivity contribution < 1.29 is 22.3 Å². The zero-order chi connectivity index (χ0) is 17.3. The van der Waals surface area contributed by atoms with Gasteiger partial charge in [-0.05, 0) is 81.1 Å². The van der Waals surface area contributed by atoms with E-state index in [9.17, 15) is 17.6 Å². The van der Waals surface area contributed by atoms with E-state index in [1.807, 2.05) is 0 Å². The molecule has 124 valence electrons. The third-order valence-corrected chi connectivity index (χ3v) is 4.87. The third-order valence-electron chi connectivity index (χ3n) is 3.36. The molecular weight excluding hydrogens is 444 g/mol. The first-order valence-electron chi connectivity index (χ1n) is 6.65. The van der Waals surface area contributed by atoms with E-state index in [0.29, 0.717) is 0 Å². The standard InChI is InChI=1S/C16H12Br2F4O/c1-7(9-3-11(19)15(17)12(20)4-9)23-8(2)10-5-13(21)16(18)14(22)6-10/h3-8H,1-2H3. The fourth-order valence-corrected chi connectivity index (χ4v) is 2.54. The smallest absolute Gasteiger partial charge is 0.140 e. The minimum Gasteiger partial charge on any atom is -0.366 e. The van der Waals surface area contributed by atoms with Crippen LogP contribution >= 0.6 is 31.9 Å². The van der Waals surface area contributed by atoms with E-state index in [2.05, 4.69) is 31.9 Å². The van der Waals surface area contributed by atoms with Crippen LogP contribution < -0.4 is 0 Å². The molecule has 0 bridgehead atoms. The normalized spacial score (nSPS) is 13.9. The average Bonchev–Trinajstić information content (AvgIpc) is 2.49. The van der Waals surface area contributed by atoms with Gasteiger partial charge < -0.3 is 4.74 Å². The molecular formula is C16H12Br2F4O. The molecule has 0 amide bonds. The number of ether oxygens (including phenoxy) is 1. The lowest BCUT2D eigenvalue weighted by Gasteiger charge is -2.20. The number of benzene rings is 2. The predicted octanol–water partition coefficient (Wildman–Crippen LogP) is 6.61. The van der Waals surface area contributed by atoms with E-state index in [0.717, 1.165) is 24.3 Å². The van der Waals surface area contributed by atoms with Crippen molar-refractivity contribution >= 4 is 31.9 Å². The molecule has 0 spiro atoms. The lowest BCUT2D eigenvalue weighted by Crippen LogP contribution is -2.07. The Kier molecular flexibility index (Phi) is 5.86. The van der Waals surface area contributed by atoms with E-state index < -0.39 is 35.5 Å². The Hall–Kier alpha value is -0.920. The molecule has 0 aliphatic heterocycles. The number of halogens is 6. The third kappa shape index (κ3) is 4.14. The molecule has 2 aromatic carbocycles. The fraction of sp³-hybridized carbons (Fsp3) is 0.250. The first-order valence-corrected chi connectivity index (χ1v) is 8.23. The molecule has 0 fully saturated rings. The fourth-order valence-electron chi connectivity index (χ4n) is 2.08. The van der Waals surface area contributed by atoms with Crippen LogP contribution in [0.1, 0.15) is 37.2 Å². The van der Waals surface area contributed by atoms with Crippen LogP contribution in [0.25, 0.3) is 0 Å². The van der Waals surface area contributed by atoms with Crippen molar-refractivity contribution in [2.45, 2.75) is 26.1 Å². The average molecular weight is 456 g/mol. The highest BCUT2D eigenvalue weighted by atomic mass is 79.9. The zero-order valence-electron chi connectivity index (χ0n) is 12.1. The highest BCUT2D eigenvalue weighted by Crippen LogP contribution is 2.31. The maximum absolute atomic E-state index is 13.6. The molecule has 0 saturated heterocycles. The summed E-state index contributed by atoms with van der Waals surface area (Å²) in [5.41, 5.74) is 0.571. The first-order chi connectivity index (χ1) is 10.7. The lowest BCUT2D eigenvalue weighted by atomic mass is 10.1. The highest BCUT2D eigenvalue weighted by Gasteiger charge is 2.18. The first kappa shape index (κ1) is 18.4. The van der Waals surface area contributed by atoms with Crippen LogP contribution in [0.4, 0.5) is 17.6 Å². The monoisotopic (exact) mass is 454 g/mol. The van der Waals surface area contributed by atoms with Crippen molar-refractivity contribution in [3.63, 3.8) is 0 Å². The molecule has 2 aromatic rings. The Balaban J connectivity index is 2.21. The van der Waals surface area contributed by atoms with E-state index in [-0.39, 0.29) is 20.1 Å². The van der Waals surface area contributed by atoms with Crippen LogP contribution in [-0.2, 0) is 4.74 Å². The van der Waals surface area contributed by atoms with Gasteiger partial charge in [0.2, 0.25) is 0 Å². The van der Waals surface area contributed by atoms with Crippen LogP contribution in [0.3, 0.4) is 0 Å². The molecule has 0 aliphatic rings. The number of hydrogen-bond acceptors (Lipinski definition) is 1. The molecule has 23 heavy (non-hydrogen) atoms. The molecule has 0 aromatic heterocycles. The van der Waals surface area contributed by atoms with Gasteiger partial charge in [0.15, 0.2) is 0 Å². The van der Waals surface area contributed by atoms with E-state index in [1.165, 1.54) is 0 Å². The van der Waals surface area contributed by atoms with Crippen LogP contribution in [-0.4, -0.2) is 0 Å². The van der Waals surface area contributed by atoms with E-state index in [1.54, 1.807) is 13.8 Å². The Morgan fingerprint density at radius 1 is 0.696 bits per heavy atom. The summed E-state index contributed by atoms with van der Waals surface area (Å²) in [5.74, 6) is -2.99. The van der Waals surface area contributed by atoms with E-state index >= 15 is 0 Å². The maximum atomic E-state index is 13.6. The van der Waals surface area contributed by atoms with Crippen molar-refractivity contribution in [2.75, 3.05) is 0 Å². The second kappa shape index (κ2) is 7.32. The van der Waals surface area contributed by atoms with Crippen LogP contribution in [0.5, 0.6) is 0 Å². The van der Waals surface area contributed by atoms with Gasteiger partial charge in [-0.15, -0.1) is 0 Å². The zero-order valence-corrected chi connectivity index (χ0v) is 15.3. The summed E-state index contributed by atoms with van der Waals surface area (Å²) < 4.78 is 59.4. The summed E-state index contributed by atoms with van der Waals surface area (Å²) in [6, 6.07) is 4.58. The SMILES string of the molecule is CC(OC(C)c1cc(F)c(Br)c(F)c1)c1cc(F)c(Br)c(F)c1. The number of rotatable bonds is 4. The minimum atomic E-state index is -0.746. The van der Waals surface area contributed by atoms with E-state index in [4.69, 9.17) is 4.74 Å². The molecule has 2 rings (SSSR count).